The zero-order valence-electron chi connectivity index (χ0n) is 18.4. The molecule has 2 aromatic carbocycles. The van der Waals surface area contributed by atoms with Crippen molar-refractivity contribution >= 4 is 22.9 Å². The summed E-state index contributed by atoms with van der Waals surface area (Å²) in [6.07, 6.45) is 2.12. The van der Waals surface area contributed by atoms with E-state index >= 15 is 0 Å². The Balaban J connectivity index is 1.53. The number of methoxy groups -OCH3 is 1. The molecule has 4 rings (SSSR count). The molecule has 0 fully saturated rings. The van der Waals surface area contributed by atoms with E-state index in [0.717, 1.165) is 36.3 Å². The molecule has 0 radical (unpaired) electrons. The summed E-state index contributed by atoms with van der Waals surface area (Å²) < 4.78 is 13.3. The lowest BCUT2D eigenvalue weighted by molar-refractivity contribution is 0.306. The van der Waals surface area contributed by atoms with Crippen LogP contribution in [0.2, 0.25) is 0 Å². The normalized spacial score (nSPS) is 10.9. The van der Waals surface area contributed by atoms with E-state index in [4.69, 9.17) is 15.2 Å². The number of unbranched alkanes of at least 4 members (excludes halogenated alkanes) is 1. The molecule has 0 aliphatic carbocycles. The Hall–Kier alpha value is -3.81. The highest BCUT2D eigenvalue weighted by Crippen LogP contribution is 2.26. The number of nitrogens with one attached hydrogen (secondary N) is 1. The van der Waals surface area contributed by atoms with Crippen molar-refractivity contribution in [1.82, 2.24) is 19.5 Å². The van der Waals surface area contributed by atoms with Gasteiger partial charge in [-0.3, -0.25) is 4.57 Å². The van der Waals surface area contributed by atoms with E-state index < -0.39 is 0 Å². The molecule has 8 nitrogen and oxygen atoms in total. The molecule has 4 aromatic rings. The van der Waals surface area contributed by atoms with Crippen molar-refractivity contribution in [1.29, 1.82) is 0 Å². The fraction of sp³-hybridized carbons (Fsp3) is 0.292. The van der Waals surface area contributed by atoms with E-state index in [0.29, 0.717) is 42.1 Å². The zero-order valence-corrected chi connectivity index (χ0v) is 18.4. The van der Waals surface area contributed by atoms with Gasteiger partial charge in [0.15, 0.2) is 17.0 Å². The van der Waals surface area contributed by atoms with E-state index in [1.165, 1.54) is 0 Å². The largest absolute Gasteiger partial charge is 0.489 e. The summed E-state index contributed by atoms with van der Waals surface area (Å²) in [7, 11) is 1.59. The van der Waals surface area contributed by atoms with Gasteiger partial charge >= 0.3 is 0 Å². The first kappa shape index (κ1) is 21.4. The second kappa shape index (κ2) is 10.00. The first-order valence-corrected chi connectivity index (χ1v) is 10.7. The van der Waals surface area contributed by atoms with Crippen molar-refractivity contribution < 1.29 is 9.47 Å². The summed E-state index contributed by atoms with van der Waals surface area (Å²) >= 11 is 0. The number of anilines is 2. The highest BCUT2D eigenvalue weighted by molar-refractivity contribution is 5.84. The van der Waals surface area contributed by atoms with Crippen LogP contribution >= 0.6 is 0 Å². The lowest BCUT2D eigenvalue weighted by Gasteiger charge is -2.10. The summed E-state index contributed by atoms with van der Waals surface area (Å²) in [6.45, 7) is 3.99. The predicted molar refractivity (Wildman–Crippen MR) is 126 cm³/mol. The van der Waals surface area contributed by atoms with Gasteiger partial charge < -0.3 is 20.5 Å². The van der Waals surface area contributed by atoms with E-state index in [-0.39, 0.29) is 0 Å². The Labute approximate surface area is 187 Å². The summed E-state index contributed by atoms with van der Waals surface area (Å²) in [5, 5.41) is 3.23. The van der Waals surface area contributed by atoms with Crippen molar-refractivity contribution in [3.63, 3.8) is 0 Å². The van der Waals surface area contributed by atoms with Crippen LogP contribution in [-0.4, -0.2) is 33.2 Å². The number of benzene rings is 2. The maximum absolute atomic E-state index is 6.15. The smallest absolute Gasteiger partial charge is 0.298 e. The number of nitrogen functional groups attached to an aromatic ring is 1. The van der Waals surface area contributed by atoms with Gasteiger partial charge in [0.05, 0.1) is 13.7 Å². The Bertz CT molecular complexity index is 1160. The number of aromatic nitrogens is 4. The van der Waals surface area contributed by atoms with Crippen molar-refractivity contribution in [2.24, 2.45) is 0 Å². The van der Waals surface area contributed by atoms with Crippen molar-refractivity contribution in [3.05, 3.63) is 65.7 Å². The number of hydrogen-bond acceptors (Lipinski definition) is 7. The molecule has 166 valence electrons. The molecule has 32 heavy (non-hydrogen) atoms. The summed E-state index contributed by atoms with van der Waals surface area (Å²) in [5.41, 5.74) is 9.52. The highest BCUT2D eigenvalue weighted by atomic mass is 16.5. The highest BCUT2D eigenvalue weighted by Gasteiger charge is 2.17. The fourth-order valence-electron chi connectivity index (χ4n) is 3.37. The molecular formula is C24H28N6O2. The number of ether oxygens (including phenoxy) is 2. The van der Waals surface area contributed by atoms with Crippen LogP contribution in [0.15, 0.2) is 54.6 Å². The van der Waals surface area contributed by atoms with Gasteiger partial charge in [-0.2, -0.15) is 15.0 Å². The van der Waals surface area contributed by atoms with Crippen LogP contribution in [0.25, 0.3) is 11.2 Å². The number of imidazole rings is 1. The van der Waals surface area contributed by atoms with Gasteiger partial charge in [-0.05, 0) is 29.7 Å². The Morgan fingerprint density at radius 1 is 0.969 bits per heavy atom. The number of rotatable bonds is 10. The second-order valence-corrected chi connectivity index (χ2v) is 7.49. The maximum Gasteiger partial charge on any atom is 0.298 e. The van der Waals surface area contributed by atoms with Gasteiger partial charge in [0.1, 0.15) is 12.4 Å². The molecule has 8 heteroatoms. The van der Waals surface area contributed by atoms with E-state index in [1.54, 1.807) is 7.11 Å². The maximum atomic E-state index is 6.15. The third-order valence-corrected chi connectivity index (χ3v) is 5.09. The van der Waals surface area contributed by atoms with Gasteiger partial charge in [-0.1, -0.05) is 55.8 Å². The molecule has 0 aliphatic heterocycles. The molecule has 2 heterocycles. The van der Waals surface area contributed by atoms with E-state index in [1.807, 2.05) is 59.2 Å². The first-order chi connectivity index (χ1) is 15.7. The standard InChI is InChI=1S/C24H28N6O2/c1-3-4-14-26-23-28-21(25)20-22(29-23)30(24(27-20)31-2)15-17-10-12-19(13-11-17)32-16-18-8-6-5-7-9-18/h5-13H,3-4,14-16H2,1-2H3,(H3,25,26,28,29). The minimum atomic E-state index is 0.329. The average molecular weight is 433 g/mol. The molecule has 0 saturated carbocycles. The zero-order chi connectivity index (χ0) is 22.3. The molecule has 0 aliphatic rings. The van der Waals surface area contributed by atoms with Crippen LogP contribution in [-0.2, 0) is 13.2 Å². The SMILES string of the molecule is CCCCNc1nc(N)c2nc(OC)n(Cc3ccc(OCc4ccccc4)cc3)c2n1. The van der Waals surface area contributed by atoms with Gasteiger partial charge in [0.25, 0.3) is 6.01 Å². The molecule has 0 saturated heterocycles. The van der Waals surface area contributed by atoms with Crippen molar-refractivity contribution in [2.75, 3.05) is 24.7 Å². The van der Waals surface area contributed by atoms with Gasteiger partial charge in [0, 0.05) is 6.54 Å². The van der Waals surface area contributed by atoms with Gasteiger partial charge in [-0.15, -0.1) is 0 Å². The van der Waals surface area contributed by atoms with Crippen molar-refractivity contribution in [2.45, 2.75) is 32.9 Å². The van der Waals surface area contributed by atoms with Crippen LogP contribution < -0.4 is 20.5 Å². The third kappa shape index (κ3) is 4.91. The summed E-state index contributed by atoms with van der Waals surface area (Å²) in [4.78, 5) is 13.5. The quantitative estimate of drug-likeness (QED) is 0.361. The molecule has 3 N–H and O–H groups in total. The van der Waals surface area contributed by atoms with Crippen LogP contribution in [0.4, 0.5) is 11.8 Å². The molecule has 0 unspecified atom stereocenters. The van der Waals surface area contributed by atoms with Gasteiger partial charge in [-0.25, -0.2) is 0 Å². The number of nitrogens with zero attached hydrogens (tertiary/aromatic N) is 4. The molecular weight excluding hydrogens is 404 g/mol. The number of hydrogen-bond donors (Lipinski definition) is 2. The fourth-order valence-corrected chi connectivity index (χ4v) is 3.37. The van der Waals surface area contributed by atoms with Crippen LogP contribution in [0, 0.1) is 0 Å². The topological polar surface area (TPSA) is 100 Å². The molecule has 0 amide bonds. The number of fused-ring (bicyclic) bond motifs is 1. The minimum Gasteiger partial charge on any atom is -0.489 e. The summed E-state index contributed by atoms with van der Waals surface area (Å²) in [6, 6.07) is 18.5. The monoisotopic (exact) mass is 432 g/mol. The first-order valence-electron chi connectivity index (χ1n) is 10.7. The Morgan fingerprint density at radius 2 is 1.75 bits per heavy atom. The van der Waals surface area contributed by atoms with Crippen LogP contribution in [0.3, 0.4) is 0 Å². The lowest BCUT2D eigenvalue weighted by atomic mass is 10.2. The van der Waals surface area contributed by atoms with Crippen LogP contribution in [0.5, 0.6) is 11.8 Å². The van der Waals surface area contributed by atoms with Crippen molar-refractivity contribution in [3.8, 4) is 11.8 Å². The molecule has 0 bridgehead atoms. The lowest BCUT2D eigenvalue weighted by Crippen LogP contribution is -2.09. The average Bonchev–Trinajstić information content (AvgIpc) is 3.17. The second-order valence-electron chi connectivity index (χ2n) is 7.49. The minimum absolute atomic E-state index is 0.329. The van der Waals surface area contributed by atoms with E-state index in [2.05, 4.69) is 27.2 Å². The Morgan fingerprint density at radius 3 is 2.47 bits per heavy atom. The number of nitrogens with two attached hydrogens (primary N) is 1. The third-order valence-electron chi connectivity index (χ3n) is 5.09. The molecule has 2 aromatic heterocycles. The molecule has 0 spiro atoms. The van der Waals surface area contributed by atoms with E-state index in [9.17, 15) is 0 Å². The van der Waals surface area contributed by atoms with Crippen LogP contribution in [0.1, 0.15) is 30.9 Å². The van der Waals surface area contributed by atoms with Gasteiger partial charge in [0.2, 0.25) is 5.95 Å². The molecule has 0 atom stereocenters. The summed E-state index contributed by atoms with van der Waals surface area (Å²) in [5.74, 6) is 1.64. The Kier molecular flexibility index (Phi) is 6.69. The predicted octanol–water partition coefficient (Wildman–Crippen LogP) is 4.26.